The summed E-state index contributed by atoms with van der Waals surface area (Å²) in [4.78, 5) is 41.8. The molecular formula is C30H44ClN7O5S. The van der Waals surface area contributed by atoms with E-state index in [1.165, 1.54) is 44.9 Å². The van der Waals surface area contributed by atoms with E-state index in [0.717, 1.165) is 17.8 Å². The highest BCUT2D eigenvalue weighted by Crippen LogP contribution is 2.60. The molecule has 1 aliphatic heterocycles. The summed E-state index contributed by atoms with van der Waals surface area (Å²) in [6.45, 7) is 5.36. The van der Waals surface area contributed by atoms with Crippen LogP contribution in [0.3, 0.4) is 0 Å². The summed E-state index contributed by atoms with van der Waals surface area (Å²) in [7, 11) is 3.72. The van der Waals surface area contributed by atoms with Gasteiger partial charge in [-0.2, -0.15) is 11.8 Å². The van der Waals surface area contributed by atoms with E-state index in [-0.39, 0.29) is 10.6 Å². The van der Waals surface area contributed by atoms with Crippen molar-refractivity contribution in [2.45, 2.75) is 100 Å². The van der Waals surface area contributed by atoms with Crippen LogP contribution in [-0.4, -0.2) is 97.0 Å². The fraction of sp³-hybridized carbons (Fsp3) is 0.767. The first kappa shape index (κ1) is 31.6. The average Bonchev–Trinajstić information content (AvgIpc) is 3.49. The van der Waals surface area contributed by atoms with Gasteiger partial charge in [-0.25, -0.2) is 19.7 Å². The van der Waals surface area contributed by atoms with Gasteiger partial charge in [0.05, 0.1) is 24.4 Å². The molecule has 5 aliphatic rings. The van der Waals surface area contributed by atoms with Crippen LogP contribution in [0.1, 0.15) is 65.5 Å². The van der Waals surface area contributed by atoms with Crippen LogP contribution in [-0.2, 0) is 14.3 Å². The predicted octanol–water partition coefficient (Wildman–Crippen LogP) is 3.47. The average molecular weight is 650 g/mol. The number of imidazole rings is 1. The van der Waals surface area contributed by atoms with E-state index < -0.39 is 48.1 Å². The lowest BCUT2D eigenvalue weighted by Crippen LogP contribution is -2.56. The summed E-state index contributed by atoms with van der Waals surface area (Å²) in [6.07, 6.45) is 7.10. The number of amides is 2. The summed E-state index contributed by atoms with van der Waals surface area (Å²) in [6, 6.07) is -1.69. The number of anilines is 1. The molecule has 2 aromatic rings. The molecule has 3 heterocycles. The topological polar surface area (TPSA) is 144 Å². The zero-order valence-corrected chi connectivity index (χ0v) is 27.6. The summed E-state index contributed by atoms with van der Waals surface area (Å²) in [5.41, 5.74) is 0.338. The molecule has 12 nitrogen and oxygen atoms in total. The van der Waals surface area contributed by atoms with Crippen molar-refractivity contribution in [2.24, 2.45) is 17.8 Å². The first-order chi connectivity index (χ1) is 20.8. The minimum Gasteiger partial charge on any atom is -0.444 e. The molecule has 2 aromatic heterocycles. The van der Waals surface area contributed by atoms with Gasteiger partial charge in [0, 0.05) is 24.6 Å². The molecule has 0 aromatic carbocycles. The molecule has 14 heteroatoms. The Bertz CT molecular complexity index is 1350. The Kier molecular flexibility index (Phi) is 8.70. The zero-order valence-electron chi connectivity index (χ0n) is 26.0. The Hall–Kier alpha value is -2.35. The second-order valence-corrected chi connectivity index (χ2v) is 16.1. The smallest absolute Gasteiger partial charge is 0.408 e. The Morgan fingerprint density at radius 3 is 2.43 bits per heavy atom. The van der Waals surface area contributed by atoms with E-state index in [9.17, 15) is 14.7 Å². The maximum atomic E-state index is 13.9. The highest BCUT2D eigenvalue weighted by Gasteiger charge is 2.52. The van der Waals surface area contributed by atoms with Crippen molar-refractivity contribution in [3.05, 3.63) is 12.7 Å². The molecule has 5 fully saturated rings. The predicted molar refractivity (Wildman–Crippen MR) is 169 cm³/mol. The van der Waals surface area contributed by atoms with Gasteiger partial charge in [0.15, 0.2) is 23.2 Å². The molecule has 4 bridgehead atoms. The van der Waals surface area contributed by atoms with Crippen LogP contribution < -0.4 is 15.5 Å². The van der Waals surface area contributed by atoms with Crippen LogP contribution in [0.15, 0.2) is 12.7 Å². The first-order valence-electron chi connectivity index (χ1n) is 15.5. The van der Waals surface area contributed by atoms with Crippen molar-refractivity contribution in [1.29, 1.82) is 0 Å². The Morgan fingerprint density at radius 1 is 1.18 bits per heavy atom. The standard InChI is InChI=1S/C30H44ClN7O5S/c1-29(2,3)43-28(41)35-19(13-44-30-9-16-6-17(10-30)8-18(7-16)11-30)26(40)36-21-20(12-31)42-27(23(21)39)38-15-34-22-24(37(4)5)32-14-33-25(22)38/h14-21,23,27,39H,6-13H2,1-5H3,(H,35,41)(H,36,40)/t16?,17?,18?,19-,20+,21+,23+,27+,30?/m0/s1. The molecule has 44 heavy (non-hydrogen) atoms. The van der Waals surface area contributed by atoms with Crippen LogP contribution in [0, 0.1) is 17.8 Å². The van der Waals surface area contributed by atoms with Gasteiger partial charge in [0.1, 0.15) is 24.1 Å². The van der Waals surface area contributed by atoms with Crippen LogP contribution in [0.2, 0.25) is 0 Å². The van der Waals surface area contributed by atoms with E-state index in [4.69, 9.17) is 21.1 Å². The van der Waals surface area contributed by atoms with E-state index in [1.807, 2.05) is 30.8 Å². The number of aliphatic hydroxyl groups is 1. The number of rotatable bonds is 9. The number of halogens is 1. The number of thioether (sulfide) groups is 1. The van der Waals surface area contributed by atoms with E-state index in [1.54, 1.807) is 31.7 Å². The fourth-order valence-corrected chi connectivity index (χ4v) is 10.1. The SMILES string of the molecule is CN(C)c1ncnc2c1ncn2[C@@H]1O[C@H](CCl)[C@@H](NC(=O)[C@H](CSC23CC4CC(CC(C4)C2)C3)NC(=O)OC(C)(C)C)[C@H]1O. The van der Waals surface area contributed by atoms with Gasteiger partial charge in [-0.3, -0.25) is 9.36 Å². The maximum Gasteiger partial charge on any atom is 0.408 e. The highest BCUT2D eigenvalue weighted by atomic mass is 35.5. The molecule has 0 spiro atoms. The van der Waals surface area contributed by atoms with E-state index >= 15 is 0 Å². The summed E-state index contributed by atoms with van der Waals surface area (Å²) >= 11 is 8.12. The van der Waals surface area contributed by atoms with Gasteiger partial charge in [-0.05, 0) is 77.0 Å². The summed E-state index contributed by atoms with van der Waals surface area (Å²) in [5.74, 6) is 2.97. The second kappa shape index (κ2) is 12.1. The molecule has 0 radical (unpaired) electrons. The Balaban J connectivity index is 1.19. The van der Waals surface area contributed by atoms with Crippen molar-refractivity contribution in [3.63, 3.8) is 0 Å². The number of hydrogen-bond donors (Lipinski definition) is 3. The molecule has 4 saturated carbocycles. The van der Waals surface area contributed by atoms with Crippen molar-refractivity contribution >= 4 is 52.3 Å². The third-order valence-corrected chi connectivity index (χ3v) is 11.3. The number of nitrogens with zero attached hydrogens (tertiary/aromatic N) is 5. The molecule has 4 aliphatic carbocycles. The molecule has 1 saturated heterocycles. The minimum atomic E-state index is -1.16. The normalized spacial score (nSPS) is 33.4. The summed E-state index contributed by atoms with van der Waals surface area (Å²) < 4.78 is 13.5. The number of nitrogens with one attached hydrogen (secondary N) is 2. The molecular weight excluding hydrogens is 606 g/mol. The van der Waals surface area contributed by atoms with Gasteiger partial charge >= 0.3 is 6.09 Å². The Labute approximate surface area is 267 Å². The third kappa shape index (κ3) is 6.34. The number of alkyl carbamates (subject to hydrolysis) is 1. The number of aliphatic hydroxyl groups excluding tert-OH is 1. The van der Waals surface area contributed by atoms with Crippen LogP contribution >= 0.6 is 23.4 Å². The molecule has 242 valence electrons. The Morgan fingerprint density at radius 2 is 1.84 bits per heavy atom. The lowest BCUT2D eigenvalue weighted by atomic mass is 9.56. The van der Waals surface area contributed by atoms with Crippen LogP contribution in [0.5, 0.6) is 0 Å². The molecule has 2 amide bonds. The largest absolute Gasteiger partial charge is 0.444 e. The second-order valence-electron chi connectivity index (χ2n) is 14.3. The maximum absolute atomic E-state index is 13.9. The molecule has 0 unspecified atom stereocenters. The molecule has 3 N–H and O–H groups in total. The third-order valence-electron chi connectivity index (χ3n) is 9.42. The minimum absolute atomic E-state index is 0.0370. The van der Waals surface area contributed by atoms with E-state index in [2.05, 4.69) is 25.6 Å². The van der Waals surface area contributed by atoms with Gasteiger partial charge in [-0.15, -0.1) is 11.6 Å². The van der Waals surface area contributed by atoms with Crippen molar-refractivity contribution < 1.29 is 24.2 Å². The lowest BCUT2D eigenvalue weighted by molar-refractivity contribution is -0.124. The number of alkyl halides is 1. The summed E-state index contributed by atoms with van der Waals surface area (Å²) in [5, 5.41) is 17.3. The number of aromatic nitrogens is 4. The first-order valence-corrected chi connectivity index (χ1v) is 17.0. The van der Waals surface area contributed by atoms with Gasteiger partial charge < -0.3 is 30.1 Å². The van der Waals surface area contributed by atoms with Crippen LogP contribution in [0.4, 0.5) is 10.6 Å². The monoisotopic (exact) mass is 649 g/mol. The number of ether oxygens (including phenoxy) is 2. The number of carbonyl (C=O) groups is 2. The fourth-order valence-electron chi connectivity index (χ4n) is 8.00. The van der Waals surface area contributed by atoms with Gasteiger partial charge in [0.2, 0.25) is 5.91 Å². The number of carbonyl (C=O) groups excluding carboxylic acids is 2. The van der Waals surface area contributed by atoms with Crippen molar-refractivity contribution in [2.75, 3.05) is 30.6 Å². The van der Waals surface area contributed by atoms with Crippen LogP contribution in [0.25, 0.3) is 11.2 Å². The van der Waals surface area contributed by atoms with Gasteiger partial charge in [0.25, 0.3) is 0 Å². The number of hydrogen-bond acceptors (Lipinski definition) is 10. The van der Waals surface area contributed by atoms with Crippen molar-refractivity contribution in [1.82, 2.24) is 30.2 Å². The quantitative estimate of drug-likeness (QED) is 0.346. The zero-order chi connectivity index (χ0) is 31.4. The lowest BCUT2D eigenvalue weighted by Gasteiger charge is -2.56. The highest BCUT2D eigenvalue weighted by molar-refractivity contribution is 8.00. The molecule has 5 atom stereocenters. The van der Waals surface area contributed by atoms with E-state index in [0.29, 0.717) is 22.7 Å². The molecule has 7 rings (SSSR count). The van der Waals surface area contributed by atoms with Gasteiger partial charge in [-0.1, -0.05) is 0 Å². The van der Waals surface area contributed by atoms with Crippen molar-refractivity contribution in [3.8, 4) is 0 Å². The number of fused-ring (bicyclic) bond motifs is 1.